The average Bonchev–Trinajstić information content (AvgIpc) is 2.70. The second kappa shape index (κ2) is 3.91. The molecule has 2 aliphatic rings. The van der Waals surface area contributed by atoms with E-state index < -0.39 is 9.84 Å². The highest BCUT2D eigenvalue weighted by Crippen LogP contribution is 2.27. The predicted molar refractivity (Wildman–Crippen MR) is 66.3 cm³/mol. The van der Waals surface area contributed by atoms with Crippen LogP contribution >= 0.6 is 0 Å². The smallest absolute Gasteiger partial charge is 0.151 e. The van der Waals surface area contributed by atoms with E-state index in [-0.39, 0.29) is 17.4 Å². The molecule has 0 aliphatic carbocycles. The third kappa shape index (κ3) is 2.24. The van der Waals surface area contributed by atoms with Gasteiger partial charge in [0, 0.05) is 24.2 Å². The van der Waals surface area contributed by atoms with Crippen LogP contribution in [0.1, 0.15) is 5.56 Å². The van der Waals surface area contributed by atoms with Crippen molar-refractivity contribution in [3.05, 3.63) is 23.8 Å². The third-order valence-corrected chi connectivity index (χ3v) is 5.21. The van der Waals surface area contributed by atoms with Crippen LogP contribution in [0, 0.1) is 5.92 Å². The van der Waals surface area contributed by atoms with Gasteiger partial charge in [0.15, 0.2) is 9.84 Å². The maximum absolute atomic E-state index is 11.0. The van der Waals surface area contributed by atoms with E-state index in [1.54, 1.807) is 0 Å². The van der Waals surface area contributed by atoms with E-state index in [4.69, 9.17) is 4.74 Å². The van der Waals surface area contributed by atoms with Gasteiger partial charge >= 0.3 is 0 Å². The Balaban J connectivity index is 1.59. The molecular weight excluding hydrogens is 238 g/mol. The van der Waals surface area contributed by atoms with Crippen LogP contribution in [0.15, 0.2) is 18.2 Å². The standard InChI is InChI=1S/C12H15NO3S/c14-17(15)7-9(8-17)6-16-11-2-1-10-3-4-13-12(10)5-11/h1-2,5,9,13H,3-4,6-8H2. The number of benzene rings is 1. The zero-order valence-corrected chi connectivity index (χ0v) is 10.3. The molecule has 92 valence electrons. The number of hydrogen-bond acceptors (Lipinski definition) is 4. The number of rotatable bonds is 3. The first-order chi connectivity index (χ1) is 8.12. The molecule has 5 heteroatoms. The van der Waals surface area contributed by atoms with Crippen LogP contribution in [0.3, 0.4) is 0 Å². The molecule has 2 heterocycles. The SMILES string of the molecule is O=S1(=O)CC(COc2ccc3c(c2)NCC3)C1. The molecule has 17 heavy (non-hydrogen) atoms. The Morgan fingerprint density at radius 1 is 1.35 bits per heavy atom. The van der Waals surface area contributed by atoms with Crippen molar-refractivity contribution in [2.75, 3.05) is 30.0 Å². The van der Waals surface area contributed by atoms with Crippen LogP contribution in [0.5, 0.6) is 5.75 Å². The summed E-state index contributed by atoms with van der Waals surface area (Å²) in [5.74, 6) is 1.54. The van der Waals surface area contributed by atoms with Crippen molar-refractivity contribution in [3.8, 4) is 5.75 Å². The molecule has 3 rings (SSSR count). The third-order valence-electron chi connectivity index (χ3n) is 3.26. The van der Waals surface area contributed by atoms with Crippen molar-refractivity contribution in [2.45, 2.75) is 6.42 Å². The summed E-state index contributed by atoms with van der Waals surface area (Å²) in [5.41, 5.74) is 2.47. The van der Waals surface area contributed by atoms with Gasteiger partial charge in [0.25, 0.3) is 0 Å². The van der Waals surface area contributed by atoms with Crippen molar-refractivity contribution in [1.29, 1.82) is 0 Å². The molecule has 0 aromatic heterocycles. The maximum Gasteiger partial charge on any atom is 0.151 e. The number of nitrogens with one attached hydrogen (secondary N) is 1. The van der Waals surface area contributed by atoms with E-state index in [0.717, 1.165) is 24.4 Å². The first-order valence-corrected chi connectivity index (χ1v) is 7.64. The molecule has 1 aromatic rings. The summed E-state index contributed by atoms with van der Waals surface area (Å²) in [6, 6.07) is 6.02. The minimum absolute atomic E-state index is 0.168. The van der Waals surface area contributed by atoms with E-state index in [2.05, 4.69) is 11.4 Å². The van der Waals surface area contributed by atoms with Crippen LogP contribution < -0.4 is 10.1 Å². The summed E-state index contributed by atoms with van der Waals surface area (Å²) in [5, 5.41) is 3.29. The Kier molecular flexibility index (Phi) is 2.50. The number of fused-ring (bicyclic) bond motifs is 1. The van der Waals surface area contributed by atoms with Gasteiger partial charge in [-0.15, -0.1) is 0 Å². The van der Waals surface area contributed by atoms with Crippen LogP contribution in [-0.4, -0.2) is 33.1 Å². The topological polar surface area (TPSA) is 55.4 Å². The minimum Gasteiger partial charge on any atom is -0.493 e. The molecule has 1 N–H and O–H groups in total. The van der Waals surface area contributed by atoms with Crippen molar-refractivity contribution in [1.82, 2.24) is 0 Å². The van der Waals surface area contributed by atoms with Gasteiger partial charge in [-0.3, -0.25) is 0 Å². The summed E-state index contributed by atoms with van der Waals surface area (Å²) in [6.07, 6.45) is 1.07. The van der Waals surface area contributed by atoms with E-state index >= 15 is 0 Å². The van der Waals surface area contributed by atoms with E-state index in [1.807, 2.05) is 12.1 Å². The first kappa shape index (κ1) is 10.9. The molecule has 1 saturated heterocycles. The minimum atomic E-state index is -2.74. The molecule has 1 aromatic carbocycles. The predicted octanol–water partition coefficient (Wildman–Crippen LogP) is 1.08. The second-order valence-corrected chi connectivity index (χ2v) is 6.90. The normalized spacial score (nSPS) is 21.4. The van der Waals surface area contributed by atoms with Crippen molar-refractivity contribution in [2.24, 2.45) is 5.92 Å². The Morgan fingerprint density at radius 2 is 2.18 bits per heavy atom. The molecule has 0 saturated carbocycles. The van der Waals surface area contributed by atoms with Gasteiger partial charge in [-0.2, -0.15) is 0 Å². The number of hydrogen-bond donors (Lipinski definition) is 1. The molecule has 0 amide bonds. The monoisotopic (exact) mass is 253 g/mol. The second-order valence-electron chi connectivity index (χ2n) is 4.75. The van der Waals surface area contributed by atoms with Gasteiger partial charge in [0.05, 0.1) is 18.1 Å². The lowest BCUT2D eigenvalue weighted by Crippen LogP contribution is -2.39. The highest BCUT2D eigenvalue weighted by molar-refractivity contribution is 7.92. The molecule has 4 nitrogen and oxygen atoms in total. The van der Waals surface area contributed by atoms with Gasteiger partial charge < -0.3 is 10.1 Å². The van der Waals surface area contributed by atoms with Gasteiger partial charge in [-0.1, -0.05) is 6.07 Å². The van der Waals surface area contributed by atoms with E-state index in [9.17, 15) is 8.42 Å². The first-order valence-electron chi connectivity index (χ1n) is 5.82. The van der Waals surface area contributed by atoms with Crippen LogP contribution in [0.2, 0.25) is 0 Å². The molecule has 0 atom stereocenters. The maximum atomic E-state index is 11.0. The van der Waals surface area contributed by atoms with Crippen molar-refractivity contribution in [3.63, 3.8) is 0 Å². The fraction of sp³-hybridized carbons (Fsp3) is 0.500. The van der Waals surface area contributed by atoms with Gasteiger partial charge in [-0.25, -0.2) is 8.42 Å². The molecule has 0 spiro atoms. The van der Waals surface area contributed by atoms with Gasteiger partial charge in [-0.05, 0) is 18.1 Å². The Morgan fingerprint density at radius 3 is 2.94 bits per heavy atom. The van der Waals surface area contributed by atoms with E-state index in [0.29, 0.717) is 6.61 Å². The van der Waals surface area contributed by atoms with Crippen molar-refractivity contribution < 1.29 is 13.2 Å². The summed E-state index contributed by atoms with van der Waals surface area (Å²) in [7, 11) is -2.74. The van der Waals surface area contributed by atoms with Crippen molar-refractivity contribution >= 4 is 15.5 Å². The van der Waals surface area contributed by atoms with Crippen LogP contribution in [0.4, 0.5) is 5.69 Å². The molecule has 1 fully saturated rings. The van der Waals surface area contributed by atoms with Gasteiger partial charge in [0.2, 0.25) is 0 Å². The Labute approximate surface area is 101 Å². The zero-order chi connectivity index (χ0) is 11.9. The molecule has 2 aliphatic heterocycles. The average molecular weight is 253 g/mol. The number of ether oxygens (including phenoxy) is 1. The molecule has 0 unspecified atom stereocenters. The lowest BCUT2D eigenvalue weighted by molar-refractivity contribution is 0.263. The molecular formula is C12H15NO3S. The van der Waals surface area contributed by atoms with Gasteiger partial charge in [0.1, 0.15) is 5.75 Å². The quantitative estimate of drug-likeness (QED) is 0.875. The van der Waals surface area contributed by atoms with Crippen LogP contribution in [0.25, 0.3) is 0 Å². The lowest BCUT2D eigenvalue weighted by Gasteiger charge is -2.25. The Hall–Kier alpha value is -1.23. The number of anilines is 1. The summed E-state index contributed by atoms with van der Waals surface area (Å²) in [4.78, 5) is 0. The fourth-order valence-corrected chi connectivity index (χ4v) is 3.87. The fourth-order valence-electron chi connectivity index (χ4n) is 2.34. The summed E-state index contributed by atoms with van der Waals surface area (Å²) in [6.45, 7) is 1.48. The van der Waals surface area contributed by atoms with E-state index in [1.165, 1.54) is 5.56 Å². The zero-order valence-electron chi connectivity index (χ0n) is 9.48. The molecule has 0 radical (unpaired) electrons. The number of sulfone groups is 1. The van der Waals surface area contributed by atoms with Crippen LogP contribution in [-0.2, 0) is 16.3 Å². The molecule has 0 bridgehead atoms. The Bertz CT molecular complexity index is 527. The lowest BCUT2D eigenvalue weighted by atomic mass is 10.1. The summed E-state index contributed by atoms with van der Waals surface area (Å²) >= 11 is 0. The summed E-state index contributed by atoms with van der Waals surface area (Å²) < 4.78 is 27.6. The highest BCUT2D eigenvalue weighted by Gasteiger charge is 2.33. The highest BCUT2D eigenvalue weighted by atomic mass is 32.2. The largest absolute Gasteiger partial charge is 0.493 e.